The van der Waals surface area contributed by atoms with Crippen molar-refractivity contribution in [3.05, 3.63) is 72.5 Å². The highest BCUT2D eigenvalue weighted by atomic mass is 16.7. The molecule has 0 bridgehead atoms. The molecule has 1 amide bonds. The number of amides is 1. The highest BCUT2D eigenvalue weighted by Gasteiger charge is 2.51. The van der Waals surface area contributed by atoms with Crippen LogP contribution in [-0.4, -0.2) is 60.4 Å². The minimum atomic E-state index is -0.541. The van der Waals surface area contributed by atoms with E-state index in [0.717, 1.165) is 51.7 Å². The first-order valence-electron chi connectivity index (χ1n) is 14.8. The first-order chi connectivity index (χ1) is 19.6. The van der Waals surface area contributed by atoms with E-state index in [4.69, 9.17) is 14.0 Å². The van der Waals surface area contributed by atoms with Crippen molar-refractivity contribution in [3.8, 4) is 0 Å². The van der Waals surface area contributed by atoms with Gasteiger partial charge in [-0.1, -0.05) is 49.1 Å². The maximum Gasteiger partial charge on any atom is 0.494 e. The summed E-state index contributed by atoms with van der Waals surface area (Å²) in [6, 6.07) is 12.6. The Morgan fingerprint density at radius 2 is 1.74 bits per heavy atom. The largest absolute Gasteiger partial charge is 0.494 e. The van der Waals surface area contributed by atoms with Crippen LogP contribution in [-0.2, 0) is 14.0 Å². The van der Waals surface area contributed by atoms with Gasteiger partial charge in [0, 0.05) is 19.3 Å². The molecule has 0 aliphatic carbocycles. The second-order valence-corrected chi connectivity index (χ2v) is 13.2. The van der Waals surface area contributed by atoms with Crippen LogP contribution >= 0.6 is 0 Å². The first-order valence-corrected chi connectivity index (χ1v) is 14.8. The highest BCUT2D eigenvalue weighted by Crippen LogP contribution is 2.36. The van der Waals surface area contributed by atoms with Crippen LogP contribution < -0.4 is 10.8 Å². The number of nitrogens with one attached hydrogen (secondary N) is 1. The number of hydrogen-bond acceptors (Lipinski definition) is 5. The van der Waals surface area contributed by atoms with E-state index in [-0.39, 0.29) is 30.5 Å². The third-order valence-corrected chi connectivity index (χ3v) is 8.22. The van der Waals surface area contributed by atoms with Gasteiger partial charge in [-0.25, -0.2) is 4.79 Å². The topological polar surface area (TPSA) is 72.4 Å². The molecule has 0 saturated carbocycles. The molecule has 2 aliphatic heterocycles. The van der Waals surface area contributed by atoms with E-state index in [1.165, 1.54) is 0 Å². The summed E-state index contributed by atoms with van der Waals surface area (Å²) in [6.45, 7) is 20.6. The van der Waals surface area contributed by atoms with Gasteiger partial charge in [-0.2, -0.15) is 0 Å². The fourth-order valence-electron chi connectivity index (χ4n) is 5.19. The van der Waals surface area contributed by atoms with E-state index in [9.17, 15) is 4.79 Å². The van der Waals surface area contributed by atoms with Crippen molar-refractivity contribution in [2.45, 2.75) is 91.1 Å². The van der Waals surface area contributed by atoms with E-state index in [0.29, 0.717) is 6.54 Å². The Balaban J connectivity index is 1.48. The molecule has 0 aromatic heterocycles. The lowest BCUT2D eigenvalue weighted by Crippen LogP contribution is -2.47. The maximum absolute atomic E-state index is 12.8. The van der Waals surface area contributed by atoms with Gasteiger partial charge in [-0.3, -0.25) is 9.89 Å². The molecule has 2 aromatic rings. The maximum atomic E-state index is 12.8. The summed E-state index contributed by atoms with van der Waals surface area (Å²) in [5.74, 6) is 0.754. The van der Waals surface area contributed by atoms with Gasteiger partial charge in [0.2, 0.25) is 0 Å². The normalized spacial score (nSPS) is 21.2. The summed E-state index contributed by atoms with van der Waals surface area (Å²) in [7, 11) is 1.36. The number of aliphatic imine (C=N–C) groups is 1. The molecule has 42 heavy (non-hydrogen) atoms. The van der Waals surface area contributed by atoms with Gasteiger partial charge in [0.05, 0.1) is 17.2 Å². The van der Waals surface area contributed by atoms with Gasteiger partial charge < -0.3 is 19.4 Å². The summed E-state index contributed by atoms with van der Waals surface area (Å²) in [5.41, 5.74) is 2.71. The summed E-state index contributed by atoms with van der Waals surface area (Å²) in [6.07, 6.45) is 7.37. The molecule has 2 saturated heterocycles. The molecule has 2 aromatic carbocycles. The Morgan fingerprint density at radius 1 is 1.10 bits per heavy atom. The Bertz CT molecular complexity index is 1420. The van der Waals surface area contributed by atoms with Crippen LogP contribution in [0.15, 0.2) is 71.9 Å². The van der Waals surface area contributed by atoms with E-state index in [1.54, 1.807) is 11.9 Å². The molecule has 0 unspecified atom stereocenters. The Hall–Kier alpha value is -3.36. The molecule has 8 heteroatoms. The van der Waals surface area contributed by atoms with Gasteiger partial charge in [-0.15, -0.1) is 0 Å². The lowest BCUT2D eigenvalue weighted by atomic mass is 9.78. The van der Waals surface area contributed by atoms with E-state index in [2.05, 4.69) is 81.0 Å². The van der Waals surface area contributed by atoms with Crippen LogP contribution in [0.4, 0.5) is 4.79 Å². The summed E-state index contributed by atoms with van der Waals surface area (Å²) >= 11 is 0. The second kappa shape index (κ2) is 12.1. The minimum absolute atomic E-state index is 0.140. The van der Waals surface area contributed by atoms with Gasteiger partial charge in [0.25, 0.3) is 0 Å². The van der Waals surface area contributed by atoms with Gasteiger partial charge in [0.15, 0.2) is 0 Å². The number of carbonyl (C=O) groups excluding carboxylic acids is 1. The predicted molar refractivity (Wildman–Crippen MR) is 174 cm³/mol. The minimum Gasteiger partial charge on any atom is -0.444 e. The molecule has 2 aliphatic rings. The number of likely N-dealkylation sites (tertiary alicyclic amines) is 1. The molecule has 0 spiro atoms. The lowest BCUT2D eigenvalue weighted by molar-refractivity contribution is 0.00578. The zero-order valence-corrected chi connectivity index (χ0v) is 26.7. The van der Waals surface area contributed by atoms with Crippen molar-refractivity contribution in [2.75, 3.05) is 13.6 Å². The Morgan fingerprint density at radius 3 is 2.36 bits per heavy atom. The number of fused-ring (bicyclic) bond motifs is 1. The quantitative estimate of drug-likeness (QED) is 0.182. The van der Waals surface area contributed by atoms with Crippen LogP contribution in [0.25, 0.3) is 16.3 Å². The van der Waals surface area contributed by atoms with Gasteiger partial charge in [-0.05, 0) is 108 Å². The predicted octanol–water partition coefficient (Wildman–Crippen LogP) is 6.63. The molecule has 1 N–H and O–H groups in total. The molecule has 7 nitrogen and oxygen atoms in total. The fraction of sp³-hybridized carbons (Fsp3) is 0.471. The number of amidine groups is 1. The van der Waals surface area contributed by atoms with Crippen LogP contribution in [0.5, 0.6) is 0 Å². The highest BCUT2D eigenvalue weighted by molar-refractivity contribution is 6.62. The van der Waals surface area contributed by atoms with Crippen LogP contribution in [0.1, 0.15) is 73.8 Å². The number of ether oxygens (including phenoxy) is 1. The summed E-state index contributed by atoms with van der Waals surface area (Å²) in [5, 5.41) is 5.67. The SMILES string of the molecule is C=C/C(=C\C=C(/C)NC(=NC)[C@@H]1CCCN1C(=O)OC(C)(C)C)c1ccc2cc(B3OC(C)(C)C(C)(C)O3)ccc2c1. The number of benzene rings is 2. The number of rotatable bonds is 6. The average molecular weight is 572 g/mol. The fourth-order valence-corrected chi connectivity index (χ4v) is 5.19. The second-order valence-electron chi connectivity index (χ2n) is 13.2. The molecule has 224 valence electrons. The molecule has 4 rings (SSSR count). The van der Waals surface area contributed by atoms with Crippen molar-refractivity contribution < 1.29 is 18.8 Å². The van der Waals surface area contributed by atoms with Crippen molar-refractivity contribution >= 4 is 40.9 Å². The average Bonchev–Trinajstić information content (AvgIpc) is 3.48. The third kappa shape index (κ3) is 6.98. The van der Waals surface area contributed by atoms with Crippen molar-refractivity contribution in [3.63, 3.8) is 0 Å². The zero-order valence-electron chi connectivity index (χ0n) is 26.7. The molecule has 2 fully saturated rings. The van der Waals surface area contributed by atoms with Crippen molar-refractivity contribution in [2.24, 2.45) is 4.99 Å². The lowest BCUT2D eigenvalue weighted by Gasteiger charge is -2.32. The number of carbonyl (C=O) groups is 1. The van der Waals surface area contributed by atoms with E-state index in [1.807, 2.05) is 45.9 Å². The first kappa shape index (κ1) is 31.6. The van der Waals surface area contributed by atoms with E-state index < -0.39 is 5.60 Å². The molecular weight excluding hydrogens is 525 g/mol. The smallest absolute Gasteiger partial charge is 0.444 e. The van der Waals surface area contributed by atoms with Crippen molar-refractivity contribution in [1.82, 2.24) is 10.2 Å². The summed E-state index contributed by atoms with van der Waals surface area (Å²) in [4.78, 5) is 19.0. The van der Waals surface area contributed by atoms with Crippen LogP contribution in [0.2, 0.25) is 0 Å². The van der Waals surface area contributed by atoms with E-state index >= 15 is 0 Å². The molecular formula is C34H46BN3O4. The van der Waals surface area contributed by atoms with Crippen molar-refractivity contribution in [1.29, 1.82) is 0 Å². The standard InChI is InChI=1S/C34H46BN3O4/c1-11-24(15-14-23(2)37-30(36-10)29-13-12-20-38(29)31(39)40-32(3,4)5)25-16-17-27-22-28(19-18-26(27)21-25)35-41-33(6,7)34(8,9)42-35/h11,14-19,21-22,29H,1,12-13,20H2,2-10H3,(H,36,37)/b23-14+,24-15+/t29-/m0/s1. The number of allylic oxidation sites excluding steroid dienone is 5. The molecule has 1 atom stereocenters. The van der Waals surface area contributed by atoms with Crippen LogP contribution in [0, 0.1) is 0 Å². The molecule has 0 radical (unpaired) electrons. The van der Waals surface area contributed by atoms with Gasteiger partial charge >= 0.3 is 13.2 Å². The Labute approximate surface area is 251 Å². The van der Waals surface area contributed by atoms with Crippen LogP contribution in [0.3, 0.4) is 0 Å². The third-order valence-electron chi connectivity index (χ3n) is 8.22. The number of nitrogens with zero attached hydrogens (tertiary/aromatic N) is 2. The van der Waals surface area contributed by atoms with Gasteiger partial charge in [0.1, 0.15) is 11.4 Å². The summed E-state index contributed by atoms with van der Waals surface area (Å²) < 4.78 is 18.1. The monoisotopic (exact) mass is 571 g/mol. The Kier molecular flexibility index (Phi) is 9.09. The molecule has 2 heterocycles. The zero-order chi connectivity index (χ0) is 30.9. The number of hydrogen-bond donors (Lipinski definition) is 1.